The third-order valence-corrected chi connectivity index (χ3v) is 5.97. The third kappa shape index (κ3) is 4.98. The first-order valence-corrected chi connectivity index (χ1v) is 10.6. The number of fused-ring (bicyclic) bond motifs is 1. The number of non-ortho nitro benzene ring substituents is 1. The van der Waals surface area contributed by atoms with Crippen LogP contribution in [-0.2, 0) is 11.2 Å². The van der Waals surface area contributed by atoms with E-state index in [1.54, 1.807) is 29.2 Å². The maximum Gasteiger partial charge on any atom is 0.269 e. The van der Waals surface area contributed by atoms with Gasteiger partial charge in [-0.1, -0.05) is 43.4 Å². The molecule has 0 aliphatic heterocycles. The van der Waals surface area contributed by atoms with Crippen LogP contribution in [0.3, 0.4) is 0 Å². The summed E-state index contributed by atoms with van der Waals surface area (Å²) < 4.78 is 14.8. The number of nitrogens with zero attached hydrogens (tertiary/aromatic N) is 4. The molecule has 0 aliphatic carbocycles. The number of nitro groups is 1. The van der Waals surface area contributed by atoms with Gasteiger partial charge >= 0.3 is 0 Å². The van der Waals surface area contributed by atoms with E-state index in [0.29, 0.717) is 28.5 Å². The molecular formula is C21H23FN4O3S. The Kier molecular flexibility index (Phi) is 7.07. The molecule has 0 N–H and O–H groups in total. The number of halogens is 1. The van der Waals surface area contributed by atoms with Crippen molar-refractivity contribution in [2.24, 2.45) is 0 Å². The number of likely N-dealkylation sites (N-methyl/N-ethyl adjacent to an activating group) is 1. The van der Waals surface area contributed by atoms with Crippen LogP contribution in [0.4, 0.5) is 15.2 Å². The third-order valence-electron chi connectivity index (χ3n) is 4.93. The number of hydrogen-bond donors (Lipinski definition) is 0. The van der Waals surface area contributed by atoms with E-state index in [1.165, 1.54) is 29.5 Å². The van der Waals surface area contributed by atoms with Gasteiger partial charge in [0.25, 0.3) is 5.69 Å². The standard InChI is InChI=1S/C21H23FN4O3S/c1-3-24(4-2)12-13-25(21-23-20-17(22)6-5-7-18(20)30-21)19(27)14-15-8-10-16(11-9-15)26(28)29/h5-11H,3-4,12-14H2,1-2H3. The highest BCUT2D eigenvalue weighted by atomic mass is 32.1. The summed E-state index contributed by atoms with van der Waals surface area (Å²) in [5, 5.41) is 11.3. The van der Waals surface area contributed by atoms with E-state index in [9.17, 15) is 19.3 Å². The molecule has 0 saturated carbocycles. The lowest BCUT2D eigenvalue weighted by Gasteiger charge is -2.24. The van der Waals surface area contributed by atoms with Gasteiger partial charge in [0.15, 0.2) is 5.13 Å². The van der Waals surface area contributed by atoms with Crippen LogP contribution in [0.5, 0.6) is 0 Å². The Labute approximate surface area is 177 Å². The van der Waals surface area contributed by atoms with Crippen molar-refractivity contribution in [1.82, 2.24) is 9.88 Å². The number of hydrogen-bond acceptors (Lipinski definition) is 6. The molecule has 0 atom stereocenters. The molecule has 0 bridgehead atoms. The Morgan fingerprint density at radius 3 is 2.43 bits per heavy atom. The molecule has 1 aromatic heterocycles. The maximum atomic E-state index is 14.1. The second kappa shape index (κ2) is 9.73. The average molecular weight is 431 g/mol. The number of carbonyl (C=O) groups is 1. The van der Waals surface area contributed by atoms with Crippen LogP contribution in [0.2, 0.25) is 0 Å². The number of amides is 1. The van der Waals surface area contributed by atoms with E-state index in [-0.39, 0.29) is 23.5 Å². The Bertz CT molecular complexity index is 1030. The summed E-state index contributed by atoms with van der Waals surface area (Å²) in [5.74, 6) is -0.600. The predicted octanol–water partition coefficient (Wildman–Crippen LogP) is 4.26. The molecule has 0 saturated heterocycles. The fraction of sp³-hybridized carbons (Fsp3) is 0.333. The highest BCUT2D eigenvalue weighted by Gasteiger charge is 2.22. The van der Waals surface area contributed by atoms with Gasteiger partial charge in [0.05, 0.1) is 16.0 Å². The summed E-state index contributed by atoms with van der Waals surface area (Å²) >= 11 is 1.28. The van der Waals surface area contributed by atoms with E-state index in [1.807, 2.05) is 0 Å². The van der Waals surface area contributed by atoms with E-state index in [0.717, 1.165) is 13.1 Å². The summed E-state index contributed by atoms with van der Waals surface area (Å²) in [5.41, 5.74) is 0.908. The lowest BCUT2D eigenvalue weighted by molar-refractivity contribution is -0.384. The lowest BCUT2D eigenvalue weighted by atomic mass is 10.1. The zero-order valence-electron chi connectivity index (χ0n) is 16.9. The van der Waals surface area contributed by atoms with Gasteiger partial charge in [0.1, 0.15) is 11.3 Å². The molecule has 3 aromatic rings. The molecule has 9 heteroatoms. The number of thiazole rings is 1. The summed E-state index contributed by atoms with van der Waals surface area (Å²) in [6.45, 7) is 6.91. The molecule has 1 amide bonds. The van der Waals surface area contributed by atoms with Gasteiger partial charge in [-0.05, 0) is 30.8 Å². The number of anilines is 1. The van der Waals surface area contributed by atoms with Gasteiger partial charge in [-0.25, -0.2) is 9.37 Å². The predicted molar refractivity (Wildman–Crippen MR) is 117 cm³/mol. The lowest BCUT2D eigenvalue weighted by Crippen LogP contribution is -2.39. The van der Waals surface area contributed by atoms with Crippen molar-refractivity contribution in [3.63, 3.8) is 0 Å². The van der Waals surface area contributed by atoms with E-state index in [2.05, 4.69) is 23.7 Å². The normalized spacial score (nSPS) is 11.2. The van der Waals surface area contributed by atoms with Gasteiger partial charge < -0.3 is 4.90 Å². The van der Waals surface area contributed by atoms with Gasteiger partial charge in [0, 0.05) is 25.2 Å². The van der Waals surface area contributed by atoms with Gasteiger partial charge in [-0.2, -0.15) is 0 Å². The van der Waals surface area contributed by atoms with Crippen LogP contribution in [0, 0.1) is 15.9 Å². The molecule has 0 spiro atoms. The van der Waals surface area contributed by atoms with Crippen LogP contribution in [0.15, 0.2) is 42.5 Å². The summed E-state index contributed by atoms with van der Waals surface area (Å²) in [6.07, 6.45) is 0.0780. The van der Waals surface area contributed by atoms with Gasteiger partial charge in [-0.15, -0.1) is 0 Å². The minimum atomic E-state index is -0.475. The molecule has 158 valence electrons. The van der Waals surface area contributed by atoms with Crippen molar-refractivity contribution in [1.29, 1.82) is 0 Å². The summed E-state index contributed by atoms with van der Waals surface area (Å²) in [6, 6.07) is 10.7. The first-order chi connectivity index (χ1) is 14.4. The van der Waals surface area contributed by atoms with Crippen molar-refractivity contribution in [2.75, 3.05) is 31.1 Å². The van der Waals surface area contributed by atoms with Crippen molar-refractivity contribution in [3.05, 3.63) is 64.0 Å². The van der Waals surface area contributed by atoms with Gasteiger partial charge in [0.2, 0.25) is 5.91 Å². The molecular weight excluding hydrogens is 407 g/mol. The van der Waals surface area contributed by atoms with Crippen LogP contribution in [0.25, 0.3) is 10.2 Å². The highest BCUT2D eigenvalue weighted by molar-refractivity contribution is 7.22. The molecule has 0 aliphatic rings. The SMILES string of the molecule is CCN(CC)CCN(C(=O)Cc1ccc([N+](=O)[O-])cc1)c1nc2c(F)cccc2s1. The highest BCUT2D eigenvalue weighted by Crippen LogP contribution is 2.30. The van der Waals surface area contributed by atoms with Crippen molar-refractivity contribution < 1.29 is 14.1 Å². The number of para-hydroxylation sites is 1. The Balaban J connectivity index is 1.86. The summed E-state index contributed by atoms with van der Waals surface area (Å²) in [7, 11) is 0. The van der Waals surface area contributed by atoms with Crippen LogP contribution in [-0.4, -0.2) is 46.9 Å². The maximum absolute atomic E-state index is 14.1. The minimum Gasteiger partial charge on any atom is -0.302 e. The number of nitro benzene ring substituents is 1. The Morgan fingerprint density at radius 2 is 1.83 bits per heavy atom. The first kappa shape index (κ1) is 21.8. The van der Waals surface area contributed by atoms with Crippen molar-refractivity contribution in [2.45, 2.75) is 20.3 Å². The molecule has 30 heavy (non-hydrogen) atoms. The zero-order chi connectivity index (χ0) is 21.7. The molecule has 0 fully saturated rings. The second-order valence-electron chi connectivity index (χ2n) is 6.76. The van der Waals surface area contributed by atoms with Crippen molar-refractivity contribution in [3.8, 4) is 0 Å². The zero-order valence-corrected chi connectivity index (χ0v) is 17.7. The smallest absolute Gasteiger partial charge is 0.269 e. The second-order valence-corrected chi connectivity index (χ2v) is 7.76. The molecule has 2 aromatic carbocycles. The van der Waals surface area contributed by atoms with Gasteiger partial charge in [-0.3, -0.25) is 19.8 Å². The van der Waals surface area contributed by atoms with E-state index >= 15 is 0 Å². The van der Waals surface area contributed by atoms with E-state index < -0.39 is 10.7 Å². The molecule has 0 unspecified atom stereocenters. The quantitative estimate of drug-likeness (QED) is 0.374. The molecule has 0 radical (unpaired) electrons. The number of benzene rings is 2. The van der Waals surface area contributed by atoms with Crippen molar-refractivity contribution >= 4 is 38.3 Å². The minimum absolute atomic E-state index is 0.0220. The molecule has 7 nitrogen and oxygen atoms in total. The fourth-order valence-corrected chi connectivity index (χ4v) is 4.16. The van der Waals surface area contributed by atoms with E-state index in [4.69, 9.17) is 0 Å². The summed E-state index contributed by atoms with van der Waals surface area (Å²) in [4.78, 5) is 31.7. The largest absolute Gasteiger partial charge is 0.302 e. The van der Waals surface area contributed by atoms with Crippen LogP contribution in [0.1, 0.15) is 19.4 Å². The number of rotatable bonds is 9. The van der Waals surface area contributed by atoms with Crippen LogP contribution >= 0.6 is 11.3 Å². The molecule has 3 rings (SSSR count). The first-order valence-electron chi connectivity index (χ1n) is 9.74. The monoisotopic (exact) mass is 430 g/mol. The Hall–Kier alpha value is -2.91. The number of carbonyl (C=O) groups excluding carboxylic acids is 1. The molecule has 1 heterocycles. The Morgan fingerprint density at radius 1 is 1.13 bits per heavy atom. The number of aromatic nitrogens is 1. The fourth-order valence-electron chi connectivity index (χ4n) is 3.13. The van der Waals surface area contributed by atoms with Crippen LogP contribution < -0.4 is 4.90 Å². The average Bonchev–Trinajstić information content (AvgIpc) is 3.17. The topological polar surface area (TPSA) is 79.6 Å².